The summed E-state index contributed by atoms with van der Waals surface area (Å²) in [6.45, 7) is 2.35. The van der Waals surface area contributed by atoms with Crippen molar-refractivity contribution in [1.29, 1.82) is 0 Å². The Morgan fingerprint density at radius 1 is 0.926 bits per heavy atom. The molecule has 0 saturated carbocycles. The number of hydrogen-bond donors (Lipinski definition) is 1. The van der Waals surface area contributed by atoms with E-state index in [0.717, 1.165) is 0 Å². The Labute approximate surface area is 156 Å². The zero-order valence-corrected chi connectivity index (χ0v) is 14.7. The van der Waals surface area contributed by atoms with Crippen molar-refractivity contribution in [2.45, 2.75) is 6.10 Å². The number of carbonyl (C=O) groups is 2. The molecule has 0 spiro atoms. The van der Waals surface area contributed by atoms with Gasteiger partial charge in [0.05, 0.1) is 11.3 Å². The lowest BCUT2D eigenvalue weighted by Crippen LogP contribution is -2.54. The SMILES string of the molecule is O=C(O)c1ccccc1N1CCN(C(=O)C2COc3ccccc3O2)CC1. The third-order valence-electron chi connectivity index (χ3n) is 4.85. The third-order valence-corrected chi connectivity index (χ3v) is 4.85. The smallest absolute Gasteiger partial charge is 0.337 e. The third kappa shape index (κ3) is 3.40. The number of nitrogens with zero attached hydrogens (tertiary/aromatic N) is 2. The number of carbonyl (C=O) groups excluding carboxylic acids is 1. The van der Waals surface area contributed by atoms with E-state index in [2.05, 4.69) is 0 Å². The summed E-state index contributed by atoms with van der Waals surface area (Å²) in [4.78, 5) is 28.0. The van der Waals surface area contributed by atoms with Gasteiger partial charge >= 0.3 is 5.97 Å². The molecule has 1 N–H and O–H groups in total. The quantitative estimate of drug-likeness (QED) is 0.891. The number of carboxylic acid groups (broad SMARTS) is 1. The maximum atomic E-state index is 12.8. The molecule has 1 saturated heterocycles. The predicted molar refractivity (Wildman–Crippen MR) is 98.5 cm³/mol. The molecule has 0 aromatic heterocycles. The average Bonchev–Trinajstić information content (AvgIpc) is 2.73. The molecule has 1 unspecified atom stereocenters. The molecule has 7 nitrogen and oxygen atoms in total. The average molecular weight is 368 g/mol. The molecule has 1 amide bonds. The number of fused-ring (bicyclic) bond motifs is 1. The summed E-state index contributed by atoms with van der Waals surface area (Å²) in [6.07, 6.45) is -0.655. The minimum Gasteiger partial charge on any atom is -0.485 e. The van der Waals surface area contributed by atoms with Crippen LogP contribution in [0.1, 0.15) is 10.4 Å². The number of rotatable bonds is 3. The molecule has 2 aromatic carbocycles. The van der Waals surface area contributed by atoms with E-state index < -0.39 is 12.1 Å². The van der Waals surface area contributed by atoms with Crippen LogP contribution in [0, 0.1) is 0 Å². The Hall–Kier alpha value is -3.22. The minimum absolute atomic E-state index is 0.101. The lowest BCUT2D eigenvalue weighted by atomic mass is 10.1. The van der Waals surface area contributed by atoms with Crippen LogP contribution in [0.5, 0.6) is 11.5 Å². The van der Waals surface area contributed by atoms with Gasteiger partial charge in [0.25, 0.3) is 5.91 Å². The van der Waals surface area contributed by atoms with Crippen LogP contribution >= 0.6 is 0 Å². The Bertz CT molecular complexity index is 861. The summed E-state index contributed by atoms with van der Waals surface area (Å²) < 4.78 is 11.4. The fourth-order valence-electron chi connectivity index (χ4n) is 3.44. The van der Waals surface area contributed by atoms with Crippen LogP contribution in [0.4, 0.5) is 5.69 Å². The van der Waals surface area contributed by atoms with E-state index in [1.54, 1.807) is 29.2 Å². The van der Waals surface area contributed by atoms with Crippen molar-refractivity contribution in [3.05, 3.63) is 54.1 Å². The van der Waals surface area contributed by atoms with Gasteiger partial charge in [-0.15, -0.1) is 0 Å². The minimum atomic E-state index is -0.949. The molecule has 2 aliphatic heterocycles. The molecule has 0 radical (unpaired) electrons. The van der Waals surface area contributed by atoms with Crippen molar-refractivity contribution in [3.8, 4) is 11.5 Å². The van der Waals surface area contributed by atoms with E-state index in [4.69, 9.17) is 9.47 Å². The van der Waals surface area contributed by atoms with Crippen molar-refractivity contribution in [2.24, 2.45) is 0 Å². The molecule has 0 bridgehead atoms. The van der Waals surface area contributed by atoms with Crippen molar-refractivity contribution in [3.63, 3.8) is 0 Å². The van der Waals surface area contributed by atoms with Gasteiger partial charge in [-0.25, -0.2) is 4.79 Å². The zero-order valence-electron chi connectivity index (χ0n) is 14.7. The number of aromatic carboxylic acids is 1. The second kappa shape index (κ2) is 7.19. The van der Waals surface area contributed by atoms with Crippen LogP contribution in [0.2, 0.25) is 0 Å². The highest BCUT2D eigenvalue weighted by molar-refractivity contribution is 5.94. The first-order valence-corrected chi connectivity index (χ1v) is 8.88. The standard InChI is InChI=1S/C20H20N2O5/c23-19(18-13-26-16-7-3-4-8-17(16)27-18)22-11-9-21(10-12-22)15-6-2-1-5-14(15)20(24)25/h1-8,18H,9-13H2,(H,24,25). The van der Waals surface area contributed by atoms with Gasteiger partial charge in [-0.2, -0.15) is 0 Å². The van der Waals surface area contributed by atoms with E-state index in [9.17, 15) is 14.7 Å². The lowest BCUT2D eigenvalue weighted by molar-refractivity contribution is -0.141. The van der Waals surface area contributed by atoms with Gasteiger partial charge in [0, 0.05) is 26.2 Å². The number of amides is 1. The van der Waals surface area contributed by atoms with Crippen molar-refractivity contribution < 1.29 is 24.2 Å². The molecular formula is C20H20N2O5. The van der Waals surface area contributed by atoms with Crippen LogP contribution in [0.15, 0.2) is 48.5 Å². The van der Waals surface area contributed by atoms with Crippen LogP contribution in [-0.2, 0) is 4.79 Å². The lowest BCUT2D eigenvalue weighted by Gasteiger charge is -2.38. The summed E-state index contributed by atoms with van der Waals surface area (Å²) in [5.74, 6) is 0.180. The predicted octanol–water partition coefficient (Wildman–Crippen LogP) is 1.87. The maximum absolute atomic E-state index is 12.8. The molecule has 0 aliphatic carbocycles. The Morgan fingerprint density at radius 3 is 2.33 bits per heavy atom. The van der Waals surface area contributed by atoms with Crippen LogP contribution < -0.4 is 14.4 Å². The van der Waals surface area contributed by atoms with E-state index >= 15 is 0 Å². The molecule has 4 rings (SSSR count). The number of hydrogen-bond acceptors (Lipinski definition) is 5. The van der Waals surface area contributed by atoms with Crippen molar-refractivity contribution in [1.82, 2.24) is 4.90 Å². The number of piperazine rings is 1. The van der Waals surface area contributed by atoms with Gasteiger partial charge in [0.2, 0.25) is 6.10 Å². The number of anilines is 1. The zero-order chi connectivity index (χ0) is 18.8. The largest absolute Gasteiger partial charge is 0.485 e. The second-order valence-electron chi connectivity index (χ2n) is 6.50. The van der Waals surface area contributed by atoms with Crippen LogP contribution in [-0.4, -0.2) is 60.8 Å². The second-order valence-corrected chi connectivity index (χ2v) is 6.50. The highest BCUT2D eigenvalue weighted by Gasteiger charge is 2.33. The summed E-state index contributed by atoms with van der Waals surface area (Å²) in [6, 6.07) is 14.2. The fraction of sp³-hybridized carbons (Fsp3) is 0.300. The summed E-state index contributed by atoms with van der Waals surface area (Å²) in [5, 5.41) is 9.37. The number of ether oxygens (including phenoxy) is 2. The van der Waals surface area contributed by atoms with Crippen molar-refractivity contribution >= 4 is 17.6 Å². The Balaban J connectivity index is 1.40. The normalized spacial score (nSPS) is 18.9. The van der Waals surface area contributed by atoms with Crippen molar-refractivity contribution in [2.75, 3.05) is 37.7 Å². The van der Waals surface area contributed by atoms with Gasteiger partial charge in [0.15, 0.2) is 11.5 Å². The molecule has 140 valence electrons. The van der Waals surface area contributed by atoms with E-state index in [1.165, 1.54) is 0 Å². The van der Waals surface area contributed by atoms with Gasteiger partial charge in [-0.3, -0.25) is 4.79 Å². The molecule has 1 atom stereocenters. The van der Waals surface area contributed by atoms with E-state index in [1.807, 2.05) is 29.2 Å². The van der Waals surface area contributed by atoms with Crippen LogP contribution in [0.3, 0.4) is 0 Å². The topological polar surface area (TPSA) is 79.3 Å². The van der Waals surface area contributed by atoms with Gasteiger partial charge in [-0.1, -0.05) is 24.3 Å². The first kappa shape index (κ1) is 17.2. The molecule has 2 aromatic rings. The number of benzene rings is 2. The molecule has 1 fully saturated rings. The number of para-hydroxylation sites is 3. The molecule has 27 heavy (non-hydrogen) atoms. The monoisotopic (exact) mass is 368 g/mol. The molecule has 7 heteroatoms. The maximum Gasteiger partial charge on any atom is 0.337 e. The Kier molecular flexibility index (Phi) is 4.58. The van der Waals surface area contributed by atoms with Crippen LogP contribution in [0.25, 0.3) is 0 Å². The molecular weight excluding hydrogens is 348 g/mol. The summed E-state index contributed by atoms with van der Waals surface area (Å²) in [7, 11) is 0. The Morgan fingerprint density at radius 2 is 1.59 bits per heavy atom. The first-order chi connectivity index (χ1) is 13.1. The van der Waals surface area contributed by atoms with Gasteiger partial charge in [0.1, 0.15) is 6.61 Å². The van der Waals surface area contributed by atoms with E-state index in [-0.39, 0.29) is 18.1 Å². The van der Waals surface area contributed by atoms with Gasteiger partial charge in [-0.05, 0) is 24.3 Å². The highest BCUT2D eigenvalue weighted by atomic mass is 16.6. The first-order valence-electron chi connectivity index (χ1n) is 8.88. The van der Waals surface area contributed by atoms with E-state index in [0.29, 0.717) is 43.4 Å². The molecule has 2 aliphatic rings. The number of carboxylic acids is 1. The molecule has 2 heterocycles. The highest BCUT2D eigenvalue weighted by Crippen LogP contribution is 2.31. The summed E-state index contributed by atoms with van der Waals surface area (Å²) >= 11 is 0. The summed E-state index contributed by atoms with van der Waals surface area (Å²) in [5.41, 5.74) is 0.959. The fourth-order valence-corrected chi connectivity index (χ4v) is 3.44. The van der Waals surface area contributed by atoms with Gasteiger partial charge < -0.3 is 24.4 Å².